The zero-order valence-corrected chi connectivity index (χ0v) is 55.9. The highest BCUT2D eigenvalue weighted by atomic mass is 19.1. The Kier molecular flexibility index (Phi) is 23.0. The summed E-state index contributed by atoms with van der Waals surface area (Å²) in [5.74, 6) is -13.5. The number of benzene rings is 4. The maximum Gasteiger partial charge on any atom is 0.305 e. The van der Waals surface area contributed by atoms with E-state index in [0.717, 1.165) is 12.1 Å². The summed E-state index contributed by atoms with van der Waals surface area (Å²) in [6.45, 7) is 3.13. The SMILES string of the molecule is CC(=O)N[C@H]1CCc2cn(nn2)-c2ccc(cc2)C[C@@H](C(N)=O)NC(=O)[C@]2(C)CCCN2C(=O)[C@H](Cc2ccc(O)cc2)NC(=O)[C@H](Cc2cnc[nH]2)NC(=O)[C@H](CC(=O)O)NC(=O)[C@H](Cc2c[nH]c3ccc(F)cc23)NC(=O)[C@H](Cc2c[nH]c3ccc(F)cc23)NC(=O)CNC(=O)[C@H](C)NC1=O. The molecule has 16 N–H and O–H groups in total. The fourth-order valence-corrected chi connectivity index (χ4v) is 12.5. The number of imidazole rings is 1. The number of primary amides is 1. The van der Waals surface area contributed by atoms with Crippen LogP contribution in [-0.2, 0) is 96.1 Å². The average Bonchev–Trinajstić information content (AvgIpc) is 1.69. The summed E-state index contributed by atoms with van der Waals surface area (Å²) in [5, 5.41) is 52.5. The number of rotatable bonds is 12. The van der Waals surface area contributed by atoms with Gasteiger partial charge in [0.1, 0.15) is 71.3 Å². The molecule has 1 fully saturated rings. The molecule has 11 rings (SSSR count). The first kappa shape index (κ1) is 73.3. The quantitative estimate of drug-likeness (QED) is 0.0703. The Morgan fingerprint density at radius 1 is 0.689 bits per heavy atom. The third-order valence-corrected chi connectivity index (χ3v) is 18.0. The van der Waals surface area contributed by atoms with Gasteiger partial charge >= 0.3 is 5.97 Å². The van der Waals surface area contributed by atoms with Gasteiger partial charge in [-0.2, -0.15) is 0 Å². The van der Waals surface area contributed by atoms with E-state index in [4.69, 9.17) is 5.73 Å². The number of phenols is 1. The molecule has 7 heterocycles. The van der Waals surface area contributed by atoms with Crippen molar-refractivity contribution in [3.8, 4) is 11.4 Å². The second-order valence-electron chi connectivity index (χ2n) is 25.6. The van der Waals surface area contributed by atoms with E-state index in [9.17, 15) is 57.4 Å². The van der Waals surface area contributed by atoms with Gasteiger partial charge in [0, 0.05) is 91.7 Å². The Bertz CT molecular complexity index is 4520. The van der Waals surface area contributed by atoms with Crippen LogP contribution in [-0.4, -0.2) is 188 Å². The lowest BCUT2D eigenvalue weighted by atomic mass is 9.94. The molecule has 34 heteroatoms. The highest BCUT2D eigenvalue weighted by Crippen LogP contribution is 2.32. The van der Waals surface area contributed by atoms with Gasteiger partial charge in [0.25, 0.3) is 0 Å². The minimum absolute atomic E-state index is 0.0222. The Morgan fingerprint density at radius 2 is 1.28 bits per heavy atom. The van der Waals surface area contributed by atoms with Gasteiger partial charge in [0.15, 0.2) is 0 Å². The monoisotopic (exact) mass is 1420 g/mol. The van der Waals surface area contributed by atoms with Gasteiger partial charge in [0.05, 0.1) is 36.9 Å². The van der Waals surface area contributed by atoms with Gasteiger partial charge in [-0.05, 0) is 122 Å². The number of aryl methyl sites for hydroxylation is 1. The standard InChI is InChI=1S/C69H76F2N18O14/c1-35-61(96)76-32-58(92)80-53(23-39-29-74-49-16-9-41(70)25-47(39)49)63(98)81-54(24-40-30-75-50-17-10-42(71)26-48(40)50)64(99)83-56(28-59(93)94)66(101)82-55(27-44-31-73-34-77-44)65(100)84-57(22-38-7-14-46(91)15-8-38)67(102)88-20-4-19-69(88,3)68(103)85-52(60(72)95)21-37-5-12-45(13-6-37)89-33-43(86-87-89)11-18-51(62(97)78-35)79-36(2)90/h5-10,12-17,25-26,29-31,33-35,51-57,74-75,91H,4,11,18-24,27-28,32H2,1-3H3,(H2,72,95)(H,73,77)(H,76,96)(H,78,97)(H,79,90)(H,80,92)(H,81,98)(H,82,101)(H,83,99)(H,84,100)(H,85,103)(H,93,94)/t35-,51-,52-,53-,54-,55-,56-,57-,69-/m0/s1. The molecule has 4 aromatic heterocycles. The summed E-state index contributed by atoms with van der Waals surface area (Å²) in [6.07, 6.45) is 4.55. The molecule has 0 radical (unpaired) electrons. The number of carboxylic acid groups (broad SMARTS) is 1. The number of aliphatic carboxylic acids is 1. The fourth-order valence-electron chi connectivity index (χ4n) is 12.5. The van der Waals surface area contributed by atoms with Crippen molar-refractivity contribution in [1.29, 1.82) is 0 Å². The molecule has 0 saturated carbocycles. The number of hydrogen-bond acceptors (Lipinski definition) is 16. The molecule has 0 aliphatic carbocycles. The molecule has 540 valence electrons. The summed E-state index contributed by atoms with van der Waals surface area (Å²) in [4.78, 5) is 184. The summed E-state index contributed by atoms with van der Waals surface area (Å²) < 4.78 is 31.2. The van der Waals surface area contributed by atoms with Gasteiger partial charge in [-0.15, -0.1) is 5.10 Å². The van der Waals surface area contributed by atoms with Gasteiger partial charge in [-0.1, -0.05) is 29.5 Å². The Labute approximate surface area is 585 Å². The zero-order valence-electron chi connectivity index (χ0n) is 55.9. The Balaban J connectivity index is 0.997. The number of nitrogens with one attached hydrogen (secondary N) is 12. The summed E-state index contributed by atoms with van der Waals surface area (Å²) >= 11 is 0. The molecule has 0 unspecified atom stereocenters. The van der Waals surface area contributed by atoms with E-state index in [2.05, 4.69) is 78.1 Å². The maximum absolute atomic E-state index is 15.3. The maximum atomic E-state index is 15.3. The molecule has 9 atom stereocenters. The van der Waals surface area contributed by atoms with E-state index < -0.39 is 169 Å². The summed E-state index contributed by atoms with van der Waals surface area (Å²) in [5.41, 5.74) is 7.62. The number of fused-ring (bicyclic) bond motifs is 31. The number of amides is 11. The van der Waals surface area contributed by atoms with Crippen molar-refractivity contribution in [1.82, 2.24) is 87.7 Å². The lowest BCUT2D eigenvalue weighted by Crippen LogP contribution is -2.63. The second-order valence-corrected chi connectivity index (χ2v) is 25.6. The average molecular weight is 1420 g/mol. The molecule has 4 bridgehead atoms. The van der Waals surface area contributed by atoms with E-state index >= 15 is 19.2 Å². The number of aromatic amines is 3. The fraction of sp³-hybridized carbons (Fsp3) is 0.348. The molecule has 11 amide bonds. The van der Waals surface area contributed by atoms with Crippen LogP contribution in [0.3, 0.4) is 0 Å². The van der Waals surface area contributed by atoms with Gasteiger partial charge < -0.3 is 83.6 Å². The number of hydrogen-bond donors (Lipinski definition) is 15. The van der Waals surface area contributed by atoms with Crippen LogP contribution in [0.4, 0.5) is 8.78 Å². The van der Waals surface area contributed by atoms with Crippen molar-refractivity contribution >= 4 is 92.8 Å². The zero-order chi connectivity index (χ0) is 73.8. The third kappa shape index (κ3) is 18.5. The van der Waals surface area contributed by atoms with Crippen molar-refractivity contribution in [3.63, 3.8) is 0 Å². The smallest absolute Gasteiger partial charge is 0.305 e. The van der Waals surface area contributed by atoms with Crippen molar-refractivity contribution in [2.45, 2.75) is 139 Å². The van der Waals surface area contributed by atoms with Crippen LogP contribution in [0.5, 0.6) is 5.75 Å². The molecular weight excluding hydrogens is 1340 g/mol. The van der Waals surface area contributed by atoms with Crippen LogP contribution in [0, 0.1) is 11.6 Å². The number of aromatic hydroxyl groups is 1. The highest BCUT2D eigenvalue weighted by Gasteiger charge is 2.49. The van der Waals surface area contributed by atoms with Crippen molar-refractivity contribution in [3.05, 3.63) is 161 Å². The first-order valence-corrected chi connectivity index (χ1v) is 32.9. The number of carbonyl (C=O) groups excluding carboxylic acids is 11. The lowest BCUT2D eigenvalue weighted by Gasteiger charge is -2.37. The van der Waals surface area contributed by atoms with Crippen LogP contribution in [0.1, 0.15) is 80.1 Å². The van der Waals surface area contributed by atoms with Crippen LogP contribution in [0.15, 0.2) is 116 Å². The number of nitrogens with zero attached hydrogens (tertiary/aromatic N) is 5. The molecule has 3 aliphatic rings. The van der Waals surface area contributed by atoms with Crippen molar-refractivity contribution < 1.29 is 76.5 Å². The van der Waals surface area contributed by atoms with Gasteiger partial charge in [-0.3, -0.25) is 57.5 Å². The first-order valence-electron chi connectivity index (χ1n) is 32.9. The highest BCUT2D eigenvalue weighted by molar-refractivity contribution is 6.01. The Hall–Kier alpha value is -12.4. The third-order valence-electron chi connectivity index (χ3n) is 18.0. The molecule has 32 nitrogen and oxygen atoms in total. The predicted octanol–water partition coefficient (Wildman–Crippen LogP) is -0.228. The normalized spacial score (nSPS) is 22.8. The van der Waals surface area contributed by atoms with E-state index in [1.165, 1.54) is 104 Å². The molecule has 0 spiro atoms. The molecule has 3 aliphatic heterocycles. The predicted molar refractivity (Wildman–Crippen MR) is 362 cm³/mol. The van der Waals surface area contributed by atoms with Crippen molar-refractivity contribution in [2.24, 2.45) is 5.73 Å². The van der Waals surface area contributed by atoms with Crippen molar-refractivity contribution in [2.75, 3.05) is 13.1 Å². The molecule has 8 aromatic rings. The minimum Gasteiger partial charge on any atom is -0.508 e. The number of carboxylic acids is 1. The topological polar surface area (TPSA) is 474 Å². The Morgan fingerprint density at radius 3 is 1.87 bits per heavy atom. The number of aromatic nitrogens is 7. The molecular formula is C69H76F2N18O14. The number of phenolic OH excluding ortho intramolecular Hbond substituents is 1. The van der Waals surface area contributed by atoms with Crippen LogP contribution in [0.2, 0.25) is 0 Å². The van der Waals surface area contributed by atoms with E-state index in [0.29, 0.717) is 33.5 Å². The molecule has 4 aromatic carbocycles. The van der Waals surface area contributed by atoms with Gasteiger partial charge in [0.2, 0.25) is 65.0 Å². The molecule has 1 saturated heterocycles. The molecule has 103 heavy (non-hydrogen) atoms. The minimum atomic E-state index is -2.07. The van der Waals surface area contributed by atoms with E-state index in [-0.39, 0.29) is 78.4 Å². The first-order chi connectivity index (χ1) is 49.2. The van der Waals surface area contributed by atoms with Crippen LogP contribution < -0.4 is 53.6 Å². The largest absolute Gasteiger partial charge is 0.508 e. The van der Waals surface area contributed by atoms with Gasteiger partial charge in [-0.25, -0.2) is 18.4 Å². The number of nitrogens with two attached hydrogens (primary N) is 1. The van der Waals surface area contributed by atoms with Crippen LogP contribution in [0.25, 0.3) is 27.5 Å². The number of carbonyl (C=O) groups is 12. The number of halogens is 2. The number of H-pyrrole nitrogens is 3. The van der Waals surface area contributed by atoms with E-state index in [1.54, 1.807) is 30.5 Å². The summed E-state index contributed by atoms with van der Waals surface area (Å²) in [6, 6.07) is 7.04. The van der Waals surface area contributed by atoms with E-state index in [1.807, 2.05) is 0 Å². The summed E-state index contributed by atoms with van der Waals surface area (Å²) in [7, 11) is 0. The second kappa shape index (κ2) is 32.3. The van der Waals surface area contributed by atoms with Crippen LogP contribution >= 0.6 is 0 Å². The lowest BCUT2D eigenvalue weighted by molar-refractivity contribution is -0.147.